The zero-order valence-corrected chi connectivity index (χ0v) is 11.4. The number of carbonyl (C=O) groups excluding carboxylic acids is 4. The van der Waals surface area contributed by atoms with E-state index >= 15 is 0 Å². The van der Waals surface area contributed by atoms with Crippen LogP contribution in [0.5, 0.6) is 0 Å². The average molecular weight is 278 g/mol. The Hall–Kier alpha value is -1.80. The molecule has 0 aromatic heterocycles. The lowest BCUT2D eigenvalue weighted by atomic mass is 10.3. The van der Waals surface area contributed by atoms with E-state index in [0.717, 1.165) is 0 Å². The van der Waals surface area contributed by atoms with Gasteiger partial charge in [0.25, 0.3) is 0 Å². The van der Waals surface area contributed by atoms with Gasteiger partial charge in [-0.1, -0.05) is 0 Å². The number of ketones is 2. The lowest BCUT2D eigenvalue weighted by Gasteiger charge is -1.90. The molecule has 1 unspecified atom stereocenters. The maximum Gasteiger partial charge on any atom is 0.224 e. The van der Waals surface area contributed by atoms with Crippen LogP contribution < -0.4 is 11.5 Å². The largest absolute Gasteiger partial charge is 0.394 e. The average Bonchev–Trinajstić information content (AvgIpc) is 2.14. The highest BCUT2D eigenvalue weighted by molar-refractivity contribution is 5.96. The first-order valence-electron chi connectivity index (χ1n) is 5.37. The Bertz CT molecular complexity index is 252. The van der Waals surface area contributed by atoms with Crippen LogP contribution >= 0.6 is 0 Å². The number of aliphatic hydroxyl groups is 2. The fourth-order valence-corrected chi connectivity index (χ4v) is 0.491. The number of hydrogen-bond donors (Lipinski definition) is 4. The molecule has 0 saturated carbocycles. The van der Waals surface area contributed by atoms with Gasteiger partial charge in [0.15, 0.2) is 0 Å². The molecule has 2 amide bonds. The van der Waals surface area contributed by atoms with E-state index in [1.807, 2.05) is 0 Å². The molecule has 0 radical (unpaired) electrons. The Labute approximate surface area is 111 Å². The Morgan fingerprint density at radius 3 is 1.16 bits per heavy atom. The summed E-state index contributed by atoms with van der Waals surface area (Å²) in [7, 11) is 0. The smallest absolute Gasteiger partial charge is 0.224 e. The molecule has 8 heteroatoms. The molecule has 0 heterocycles. The van der Waals surface area contributed by atoms with Gasteiger partial charge in [-0.3, -0.25) is 19.2 Å². The number of hydrogen-bond acceptors (Lipinski definition) is 6. The van der Waals surface area contributed by atoms with Gasteiger partial charge in [-0.05, 0) is 20.8 Å². The highest BCUT2D eigenvalue weighted by Crippen LogP contribution is 1.75. The molecule has 0 aromatic carbocycles. The second kappa shape index (κ2) is 14.3. The zero-order valence-electron chi connectivity index (χ0n) is 11.4. The van der Waals surface area contributed by atoms with Crippen LogP contribution in [0, 0.1) is 0 Å². The van der Waals surface area contributed by atoms with Crippen molar-refractivity contribution in [2.75, 3.05) is 6.61 Å². The summed E-state index contributed by atoms with van der Waals surface area (Å²) in [5.41, 5.74) is 9.27. The molecule has 19 heavy (non-hydrogen) atoms. The molecule has 6 N–H and O–H groups in total. The standard InChI is InChI=1S/2C4H7NO2.C3H8O2/c2*1-3(6)2-4(5)7;1-3(5)2-4/h2*2H2,1H3,(H2,5,7);3-5H,2H2,1H3. The van der Waals surface area contributed by atoms with Crippen LogP contribution in [0.2, 0.25) is 0 Å². The summed E-state index contributed by atoms with van der Waals surface area (Å²) < 4.78 is 0. The van der Waals surface area contributed by atoms with Gasteiger partial charge >= 0.3 is 0 Å². The topological polar surface area (TPSA) is 161 Å². The Morgan fingerprint density at radius 1 is 0.947 bits per heavy atom. The molecule has 0 spiro atoms. The summed E-state index contributed by atoms with van der Waals surface area (Å²) in [5.74, 6) is -1.50. The summed E-state index contributed by atoms with van der Waals surface area (Å²) in [4.78, 5) is 39.5. The van der Waals surface area contributed by atoms with E-state index in [2.05, 4.69) is 11.5 Å². The minimum atomic E-state index is -0.562. The Kier molecular flexibility index (Phi) is 16.8. The summed E-state index contributed by atoms with van der Waals surface area (Å²) in [5, 5.41) is 16.0. The maximum atomic E-state index is 9.95. The van der Waals surface area contributed by atoms with Gasteiger partial charge in [-0.25, -0.2) is 0 Å². The van der Waals surface area contributed by atoms with E-state index in [9.17, 15) is 19.2 Å². The van der Waals surface area contributed by atoms with Crippen molar-refractivity contribution >= 4 is 23.4 Å². The van der Waals surface area contributed by atoms with Crippen molar-refractivity contribution in [1.82, 2.24) is 0 Å². The molecular formula is C11H22N2O6. The first-order chi connectivity index (χ1) is 8.52. The molecule has 1 atom stereocenters. The molecule has 0 saturated heterocycles. The summed E-state index contributed by atoms with van der Waals surface area (Å²) in [6.45, 7) is 4.04. The molecule has 0 aromatic rings. The van der Waals surface area contributed by atoms with E-state index in [-0.39, 0.29) is 31.0 Å². The first-order valence-corrected chi connectivity index (χ1v) is 5.37. The van der Waals surface area contributed by atoms with E-state index in [0.29, 0.717) is 0 Å². The maximum absolute atomic E-state index is 9.95. The third-order valence-electron chi connectivity index (χ3n) is 1.11. The van der Waals surface area contributed by atoms with Crippen molar-refractivity contribution in [3.8, 4) is 0 Å². The SMILES string of the molecule is CC(=O)CC(N)=O.CC(=O)CC(N)=O.CC(O)CO. The third-order valence-corrected chi connectivity index (χ3v) is 1.11. The van der Waals surface area contributed by atoms with Gasteiger partial charge in [0.2, 0.25) is 11.8 Å². The van der Waals surface area contributed by atoms with Gasteiger partial charge in [0.1, 0.15) is 11.6 Å². The van der Waals surface area contributed by atoms with Crippen LogP contribution in [0.1, 0.15) is 33.6 Å². The highest BCUT2D eigenvalue weighted by atomic mass is 16.3. The molecule has 0 aliphatic carbocycles. The van der Waals surface area contributed by atoms with Crippen molar-refractivity contribution in [1.29, 1.82) is 0 Å². The molecule has 0 aliphatic rings. The minimum absolute atomic E-state index is 0.139. The van der Waals surface area contributed by atoms with Crippen molar-refractivity contribution in [3.05, 3.63) is 0 Å². The van der Waals surface area contributed by atoms with E-state index in [1.165, 1.54) is 20.8 Å². The van der Waals surface area contributed by atoms with Crippen LogP contribution in [-0.4, -0.2) is 46.3 Å². The second-order valence-electron chi connectivity index (χ2n) is 3.72. The first kappa shape index (κ1) is 22.4. The van der Waals surface area contributed by atoms with Crippen LogP contribution in [0.3, 0.4) is 0 Å². The van der Waals surface area contributed by atoms with E-state index in [4.69, 9.17) is 10.2 Å². The van der Waals surface area contributed by atoms with Gasteiger partial charge in [-0.2, -0.15) is 0 Å². The van der Waals surface area contributed by atoms with Crippen LogP contribution in [-0.2, 0) is 19.2 Å². The number of nitrogens with two attached hydrogens (primary N) is 2. The lowest BCUT2D eigenvalue weighted by Crippen LogP contribution is -2.13. The fraction of sp³-hybridized carbons (Fsp3) is 0.636. The third kappa shape index (κ3) is 48.6. The number of carbonyl (C=O) groups is 4. The molecule has 0 rings (SSSR count). The van der Waals surface area contributed by atoms with Crippen molar-refractivity contribution in [2.45, 2.75) is 39.7 Å². The van der Waals surface area contributed by atoms with Crippen LogP contribution in [0.4, 0.5) is 0 Å². The Morgan fingerprint density at radius 2 is 1.16 bits per heavy atom. The number of primary amides is 2. The van der Waals surface area contributed by atoms with Gasteiger partial charge in [0, 0.05) is 0 Å². The normalized spacial score (nSPS) is 9.95. The highest BCUT2D eigenvalue weighted by Gasteiger charge is 1.96. The number of aliphatic hydroxyl groups excluding tert-OH is 2. The van der Waals surface area contributed by atoms with Crippen molar-refractivity contribution in [3.63, 3.8) is 0 Å². The van der Waals surface area contributed by atoms with Crippen LogP contribution in [0.15, 0.2) is 0 Å². The number of rotatable bonds is 5. The summed E-state index contributed by atoms with van der Waals surface area (Å²) >= 11 is 0. The monoisotopic (exact) mass is 278 g/mol. The predicted molar refractivity (Wildman–Crippen MR) is 67.8 cm³/mol. The van der Waals surface area contributed by atoms with Crippen molar-refractivity contribution < 1.29 is 29.4 Å². The molecule has 8 nitrogen and oxygen atoms in total. The molecular weight excluding hydrogens is 256 g/mol. The quantitative estimate of drug-likeness (QED) is 0.436. The zero-order chi connectivity index (χ0) is 16.0. The van der Waals surface area contributed by atoms with Gasteiger partial charge in [0.05, 0.1) is 25.6 Å². The van der Waals surface area contributed by atoms with Gasteiger partial charge < -0.3 is 21.7 Å². The van der Waals surface area contributed by atoms with E-state index in [1.54, 1.807) is 0 Å². The summed E-state index contributed by atoms with van der Waals surface area (Å²) in [6, 6.07) is 0. The lowest BCUT2D eigenvalue weighted by molar-refractivity contribution is -0.126. The second-order valence-corrected chi connectivity index (χ2v) is 3.72. The van der Waals surface area contributed by atoms with Crippen LogP contribution in [0.25, 0.3) is 0 Å². The molecule has 0 aliphatic heterocycles. The molecule has 112 valence electrons. The van der Waals surface area contributed by atoms with E-state index < -0.39 is 17.9 Å². The predicted octanol–water partition coefficient (Wildman–Crippen LogP) is -1.74. The minimum Gasteiger partial charge on any atom is -0.394 e. The number of Topliss-reactive ketones (excluding diaryl/α,β-unsaturated/α-hetero) is 2. The molecule has 0 fully saturated rings. The fourth-order valence-electron chi connectivity index (χ4n) is 0.491. The summed E-state index contributed by atoms with van der Waals surface area (Å²) in [6.07, 6.45) is -0.838. The Balaban J connectivity index is -0.000000206. The number of amides is 2. The van der Waals surface area contributed by atoms with Crippen molar-refractivity contribution in [2.24, 2.45) is 11.5 Å². The molecule has 0 bridgehead atoms. The van der Waals surface area contributed by atoms with Gasteiger partial charge in [-0.15, -0.1) is 0 Å².